The Hall–Kier alpha value is -1.17. The van der Waals surface area contributed by atoms with E-state index in [0.717, 1.165) is 24.7 Å². The molecule has 0 fully saturated rings. The Morgan fingerprint density at radius 3 is 2.95 bits per heavy atom. The molecule has 0 aliphatic carbocycles. The van der Waals surface area contributed by atoms with Gasteiger partial charge >= 0.3 is 5.97 Å². The highest BCUT2D eigenvalue weighted by molar-refractivity contribution is 7.10. The standard InChI is InChI=1S/C14H21NO3S/c1-4-15(11(2)9-18-3)8-13-7-12(10-19-13)5-6-14(16)17/h5-7,10-11H,4,8-9H2,1-3H3,(H,16,17). The van der Waals surface area contributed by atoms with E-state index in [0.29, 0.717) is 12.6 Å². The van der Waals surface area contributed by atoms with Crippen molar-refractivity contribution in [3.05, 3.63) is 28.0 Å². The number of thiophene rings is 1. The highest BCUT2D eigenvalue weighted by Crippen LogP contribution is 2.19. The van der Waals surface area contributed by atoms with Crippen molar-refractivity contribution in [2.75, 3.05) is 20.3 Å². The van der Waals surface area contributed by atoms with Gasteiger partial charge < -0.3 is 9.84 Å². The Morgan fingerprint density at radius 2 is 2.37 bits per heavy atom. The van der Waals surface area contributed by atoms with Crippen LogP contribution in [0.15, 0.2) is 17.5 Å². The van der Waals surface area contributed by atoms with Crippen LogP contribution in [0.1, 0.15) is 24.3 Å². The number of hydrogen-bond donors (Lipinski definition) is 1. The van der Waals surface area contributed by atoms with Crippen LogP contribution in [0.2, 0.25) is 0 Å². The Labute approximate surface area is 118 Å². The normalized spacial score (nSPS) is 13.3. The first-order chi connectivity index (χ1) is 9.06. The molecule has 1 aromatic rings. The minimum absolute atomic E-state index is 0.370. The summed E-state index contributed by atoms with van der Waals surface area (Å²) in [5.41, 5.74) is 0.942. The van der Waals surface area contributed by atoms with Crippen molar-refractivity contribution in [2.45, 2.75) is 26.4 Å². The van der Waals surface area contributed by atoms with E-state index in [9.17, 15) is 4.79 Å². The van der Waals surface area contributed by atoms with Crippen LogP contribution in [0.25, 0.3) is 6.08 Å². The topological polar surface area (TPSA) is 49.8 Å². The molecule has 0 radical (unpaired) electrons. The Kier molecular flexibility index (Phi) is 6.77. The van der Waals surface area contributed by atoms with E-state index in [1.165, 1.54) is 4.88 Å². The van der Waals surface area contributed by atoms with Crippen molar-refractivity contribution in [3.8, 4) is 0 Å². The molecule has 0 saturated heterocycles. The van der Waals surface area contributed by atoms with Crippen LogP contribution in [0, 0.1) is 0 Å². The summed E-state index contributed by atoms with van der Waals surface area (Å²) in [6.45, 7) is 6.82. The van der Waals surface area contributed by atoms with Crippen molar-refractivity contribution in [2.24, 2.45) is 0 Å². The van der Waals surface area contributed by atoms with Crippen LogP contribution in [0.3, 0.4) is 0 Å². The summed E-state index contributed by atoms with van der Waals surface area (Å²) >= 11 is 1.65. The first-order valence-corrected chi connectivity index (χ1v) is 7.16. The third-order valence-corrected chi connectivity index (χ3v) is 3.83. The van der Waals surface area contributed by atoms with Gasteiger partial charge in [0.15, 0.2) is 0 Å². The first-order valence-electron chi connectivity index (χ1n) is 6.28. The molecule has 19 heavy (non-hydrogen) atoms. The summed E-state index contributed by atoms with van der Waals surface area (Å²) in [6, 6.07) is 2.40. The summed E-state index contributed by atoms with van der Waals surface area (Å²) in [5.74, 6) is -0.920. The van der Waals surface area contributed by atoms with Gasteiger partial charge in [-0.25, -0.2) is 4.79 Å². The predicted molar refractivity (Wildman–Crippen MR) is 78.4 cm³/mol. The molecular weight excluding hydrogens is 262 g/mol. The summed E-state index contributed by atoms with van der Waals surface area (Å²) in [4.78, 5) is 14.0. The fourth-order valence-electron chi connectivity index (χ4n) is 1.86. The number of aliphatic carboxylic acids is 1. The van der Waals surface area contributed by atoms with E-state index in [1.54, 1.807) is 24.5 Å². The van der Waals surface area contributed by atoms with Gasteiger partial charge in [-0.3, -0.25) is 4.90 Å². The first kappa shape index (κ1) is 15.9. The van der Waals surface area contributed by atoms with Crippen molar-refractivity contribution >= 4 is 23.4 Å². The Balaban J connectivity index is 2.63. The predicted octanol–water partition coefficient (Wildman–Crippen LogP) is 2.70. The van der Waals surface area contributed by atoms with Crippen molar-refractivity contribution in [3.63, 3.8) is 0 Å². The third-order valence-electron chi connectivity index (χ3n) is 2.89. The molecule has 0 bridgehead atoms. The van der Waals surface area contributed by atoms with Gasteiger partial charge in [0.1, 0.15) is 0 Å². The van der Waals surface area contributed by atoms with Crippen LogP contribution in [0.4, 0.5) is 0 Å². The fraction of sp³-hybridized carbons (Fsp3) is 0.500. The van der Waals surface area contributed by atoms with Crippen LogP contribution in [-0.2, 0) is 16.1 Å². The molecule has 106 valence electrons. The smallest absolute Gasteiger partial charge is 0.328 e. The molecule has 1 unspecified atom stereocenters. The summed E-state index contributed by atoms with van der Waals surface area (Å²) in [6.07, 6.45) is 2.79. The van der Waals surface area contributed by atoms with Crippen molar-refractivity contribution < 1.29 is 14.6 Å². The number of likely N-dealkylation sites (N-methyl/N-ethyl adjacent to an activating group) is 1. The zero-order valence-electron chi connectivity index (χ0n) is 11.6. The molecular formula is C14H21NO3S. The van der Waals surface area contributed by atoms with Gasteiger partial charge in [-0.15, -0.1) is 11.3 Å². The van der Waals surface area contributed by atoms with E-state index in [2.05, 4.69) is 18.7 Å². The van der Waals surface area contributed by atoms with Gasteiger partial charge in [-0.2, -0.15) is 0 Å². The quantitative estimate of drug-likeness (QED) is 0.745. The lowest BCUT2D eigenvalue weighted by Crippen LogP contribution is -2.35. The molecule has 0 aromatic carbocycles. The molecule has 4 nitrogen and oxygen atoms in total. The van der Waals surface area contributed by atoms with Gasteiger partial charge in [0.2, 0.25) is 0 Å². The number of methoxy groups -OCH3 is 1. The highest BCUT2D eigenvalue weighted by atomic mass is 32.1. The van der Waals surface area contributed by atoms with Gasteiger partial charge in [0, 0.05) is 30.6 Å². The number of ether oxygens (including phenoxy) is 1. The molecule has 1 atom stereocenters. The second kappa shape index (κ2) is 8.09. The number of carboxylic acids is 1. The summed E-state index contributed by atoms with van der Waals surface area (Å²) < 4.78 is 5.18. The van der Waals surface area contributed by atoms with Crippen LogP contribution >= 0.6 is 11.3 Å². The molecule has 5 heteroatoms. The van der Waals surface area contributed by atoms with E-state index >= 15 is 0 Å². The average molecular weight is 283 g/mol. The fourth-order valence-corrected chi connectivity index (χ4v) is 2.74. The SMILES string of the molecule is CCN(Cc1cc(C=CC(=O)O)cs1)C(C)COC. The number of hydrogen-bond acceptors (Lipinski definition) is 4. The lowest BCUT2D eigenvalue weighted by atomic mass is 10.2. The van der Waals surface area contributed by atoms with E-state index in [-0.39, 0.29) is 0 Å². The van der Waals surface area contributed by atoms with Gasteiger partial charge in [0.05, 0.1) is 6.61 Å². The van der Waals surface area contributed by atoms with Crippen LogP contribution in [-0.4, -0.2) is 42.3 Å². The Bertz CT molecular complexity index is 428. The maximum Gasteiger partial charge on any atom is 0.328 e. The highest BCUT2D eigenvalue weighted by Gasteiger charge is 2.13. The zero-order chi connectivity index (χ0) is 14.3. The van der Waals surface area contributed by atoms with Crippen LogP contribution in [0.5, 0.6) is 0 Å². The van der Waals surface area contributed by atoms with Crippen LogP contribution < -0.4 is 0 Å². The summed E-state index contributed by atoms with van der Waals surface area (Å²) in [7, 11) is 1.71. The monoisotopic (exact) mass is 283 g/mol. The maximum atomic E-state index is 10.5. The van der Waals surface area contributed by atoms with Crippen molar-refractivity contribution in [1.29, 1.82) is 0 Å². The molecule has 1 aromatic heterocycles. The van der Waals surface area contributed by atoms with E-state index in [4.69, 9.17) is 9.84 Å². The molecule has 0 aliphatic rings. The van der Waals surface area contributed by atoms with E-state index < -0.39 is 5.97 Å². The molecule has 0 spiro atoms. The molecule has 1 heterocycles. The van der Waals surface area contributed by atoms with Gasteiger partial charge in [-0.05, 0) is 36.6 Å². The molecule has 1 rings (SSSR count). The zero-order valence-corrected chi connectivity index (χ0v) is 12.4. The molecule has 0 amide bonds. The molecule has 0 saturated carbocycles. The lowest BCUT2D eigenvalue weighted by molar-refractivity contribution is -0.131. The number of rotatable bonds is 8. The van der Waals surface area contributed by atoms with E-state index in [1.807, 2.05) is 11.4 Å². The average Bonchev–Trinajstić information content (AvgIpc) is 2.81. The second-order valence-electron chi connectivity index (χ2n) is 4.39. The minimum Gasteiger partial charge on any atom is -0.478 e. The largest absolute Gasteiger partial charge is 0.478 e. The lowest BCUT2D eigenvalue weighted by Gasteiger charge is -2.26. The molecule has 0 aliphatic heterocycles. The molecule has 1 N–H and O–H groups in total. The second-order valence-corrected chi connectivity index (χ2v) is 5.38. The third kappa shape index (κ3) is 5.55. The van der Waals surface area contributed by atoms with Gasteiger partial charge in [-0.1, -0.05) is 6.92 Å². The number of carbonyl (C=O) groups is 1. The summed E-state index contributed by atoms with van der Waals surface area (Å²) in [5, 5.41) is 10.6. The number of nitrogens with zero attached hydrogens (tertiary/aromatic N) is 1. The maximum absolute atomic E-state index is 10.5. The van der Waals surface area contributed by atoms with Gasteiger partial charge in [0.25, 0.3) is 0 Å². The van der Waals surface area contributed by atoms with Crippen molar-refractivity contribution in [1.82, 2.24) is 4.90 Å². The minimum atomic E-state index is -0.920. The Morgan fingerprint density at radius 1 is 1.63 bits per heavy atom. The number of carboxylic acid groups (broad SMARTS) is 1.